The van der Waals surface area contributed by atoms with Gasteiger partial charge in [0, 0.05) is 95.3 Å². The van der Waals surface area contributed by atoms with Crippen molar-refractivity contribution in [2.24, 2.45) is 0 Å². The van der Waals surface area contributed by atoms with Gasteiger partial charge >= 0.3 is 13.1 Å². The number of rotatable bonds is 7. The first-order valence-electron chi connectivity index (χ1n) is 24.6. The number of carbonyl (C=O) groups excluding carboxylic acids is 2. The van der Waals surface area contributed by atoms with Crippen LogP contribution in [-0.4, -0.2) is 99.0 Å². The smallest absolute Gasteiger partial charge is 0.476 e. The Hall–Kier alpha value is -7.85. The van der Waals surface area contributed by atoms with E-state index in [0.29, 0.717) is 48.0 Å². The summed E-state index contributed by atoms with van der Waals surface area (Å²) in [5, 5.41) is 53.4. The van der Waals surface area contributed by atoms with E-state index >= 15 is 0 Å². The maximum atomic E-state index is 13.4. The Balaban J connectivity index is 0.000000228. The standard InChI is InChI=1S/C18H12FN5O.C13H9BrN4O.C8H5BrN2O2.C5H5BFNO2.C5H6N2.C4H9I.C4H9.V/c19-13-6-12(8-21-9-13)11-3-4-16-15(7-11)17(24-23-16)18(25)22-14-2-1-5-20-10-14;14-8-3-4-11-10(6-8)12(18-17-11)13(19)16-9-2-1-5-15-7-9;9-4-1-2-6-5(3-4)7(8(12)13)11-10-6;7-5-1-4(6(9)10)2-8-3-5;6-5-2-1-3-7-4-5;1-4(2,3)5;1-4(2)3;/h1-10H,(H,22,25)(H,23,24);1-7H,(H,16,19)(H,17,18);1-3H,(H,10,11)(H,12,13);1-3,9-10H;1-4H,6H2;1-3H3;1-3H3;/q;;;;;;-1;. The van der Waals surface area contributed by atoms with E-state index in [1.807, 2.05) is 30.3 Å². The van der Waals surface area contributed by atoms with Crippen LogP contribution in [0.2, 0.25) is 0 Å². The summed E-state index contributed by atoms with van der Waals surface area (Å²) in [7, 11) is -1.65. The molecule has 8 heterocycles. The van der Waals surface area contributed by atoms with Crippen molar-refractivity contribution in [1.82, 2.24) is 55.5 Å². The normalized spacial score (nSPS) is 10.2. The number of pyridine rings is 5. The average Bonchev–Trinajstić information content (AvgIpc) is 3.05. The zero-order valence-corrected chi connectivity index (χ0v) is 52.5. The van der Waals surface area contributed by atoms with E-state index in [4.69, 9.17) is 20.9 Å². The predicted molar refractivity (Wildman–Crippen MR) is 335 cm³/mol. The fourth-order valence-electron chi connectivity index (χ4n) is 6.44. The molecule has 0 spiro atoms. The second kappa shape index (κ2) is 34.1. The molecule has 10 N–H and O–H groups in total. The second-order valence-electron chi connectivity index (χ2n) is 18.6. The second-order valence-corrected chi connectivity index (χ2v) is 23.7. The summed E-state index contributed by atoms with van der Waals surface area (Å²) in [6.45, 7) is 12.8. The first-order chi connectivity index (χ1) is 39.4. The number of nitrogens with zero attached hydrogens (tertiary/aromatic N) is 8. The zero-order valence-electron chi connectivity index (χ0n) is 45.7. The van der Waals surface area contributed by atoms with Crippen LogP contribution in [-0.2, 0) is 18.6 Å². The van der Waals surface area contributed by atoms with Gasteiger partial charge in [-0.15, -0.1) is 0 Å². The molecule has 433 valence electrons. The number of nitrogen functional groups attached to an aromatic ring is 1. The summed E-state index contributed by atoms with van der Waals surface area (Å²) >= 11 is 9.03. The molecule has 0 unspecified atom stereocenters. The van der Waals surface area contributed by atoms with Crippen molar-refractivity contribution in [1.29, 1.82) is 0 Å². The largest absolute Gasteiger partial charge is 0.490 e. The number of nitrogens with one attached hydrogen (secondary N) is 5. The van der Waals surface area contributed by atoms with Gasteiger partial charge < -0.3 is 37.4 Å². The molecule has 0 aliphatic carbocycles. The molecule has 1 radical (unpaired) electrons. The number of hydrogen-bond acceptors (Lipinski definition) is 14. The van der Waals surface area contributed by atoms with Crippen molar-refractivity contribution in [2.45, 2.75) is 45.0 Å². The monoisotopic (exact) mass is 1420 g/mol. The molecule has 0 fully saturated rings. The van der Waals surface area contributed by atoms with Gasteiger partial charge in [-0.3, -0.25) is 49.8 Å². The van der Waals surface area contributed by atoms with Crippen LogP contribution in [0.25, 0.3) is 43.8 Å². The summed E-state index contributed by atoms with van der Waals surface area (Å²) < 4.78 is 27.9. The number of nitrogens with two attached hydrogens (primary N) is 1. The minimum Gasteiger partial charge on any atom is -0.476 e. The molecule has 0 aliphatic heterocycles. The number of carboxylic acids is 1. The van der Waals surface area contributed by atoms with Gasteiger partial charge in [0.05, 0.1) is 58.4 Å². The van der Waals surface area contributed by atoms with Gasteiger partial charge in [-0.25, -0.2) is 13.6 Å². The summed E-state index contributed by atoms with van der Waals surface area (Å²) in [5.41, 5.74) is 11.6. The van der Waals surface area contributed by atoms with Crippen LogP contribution >= 0.6 is 54.5 Å². The van der Waals surface area contributed by atoms with Crippen molar-refractivity contribution in [2.75, 3.05) is 16.4 Å². The molecule has 0 aliphatic rings. The molecule has 3 aromatic carbocycles. The average molecular weight is 1420 g/mol. The van der Waals surface area contributed by atoms with E-state index in [9.17, 15) is 23.2 Å². The molecule has 2 amide bonds. The van der Waals surface area contributed by atoms with Gasteiger partial charge in [0.25, 0.3) is 11.8 Å². The summed E-state index contributed by atoms with van der Waals surface area (Å²) in [6, 6.07) is 29.3. The van der Waals surface area contributed by atoms with Crippen LogP contribution in [0.1, 0.15) is 73.0 Å². The molecule has 0 bridgehead atoms. The third-order valence-electron chi connectivity index (χ3n) is 9.83. The molecule has 27 heteroatoms. The fourth-order valence-corrected chi connectivity index (χ4v) is 7.17. The molecule has 84 heavy (non-hydrogen) atoms. The third-order valence-corrected chi connectivity index (χ3v) is 10.8. The number of benzene rings is 3. The number of aromatic amines is 3. The SMILES string of the molecule is CC(C)(C)I.C[C-](C)C.Nc1cccnc1.O=C(Nc1cccnc1)c1n[nH]c2ccc(-c3cncc(F)c3)cc12.O=C(Nc1cccnc1)c1n[nH]c2ccc(Br)cc12.O=C(O)c1n[nH]c2ccc(Br)cc12.OB(O)c1cncc(F)c1.[V]. The molecule has 11 rings (SSSR count). The quantitative estimate of drug-likeness (QED) is 0.0310. The van der Waals surface area contributed by atoms with Gasteiger partial charge in [0.1, 0.15) is 11.6 Å². The predicted octanol–water partition coefficient (Wildman–Crippen LogP) is 11.8. The number of carboxylic acid groups (broad SMARTS) is 1. The van der Waals surface area contributed by atoms with E-state index in [2.05, 4.69) is 162 Å². The molecular formula is C57H55BBr2F2IN14O6V-. The molecule has 0 saturated carbocycles. The first-order valence-corrected chi connectivity index (χ1v) is 27.2. The minimum atomic E-state index is -1.65. The Morgan fingerprint density at radius 3 is 1.38 bits per heavy atom. The van der Waals surface area contributed by atoms with Crippen LogP contribution in [0.3, 0.4) is 0 Å². The Bertz CT molecular complexity index is 3840. The Kier molecular flexibility index (Phi) is 27.8. The number of aromatic carboxylic acids is 1. The number of H-pyrrole nitrogens is 3. The molecule has 0 atom stereocenters. The van der Waals surface area contributed by atoms with Crippen molar-refractivity contribution < 1.29 is 56.9 Å². The van der Waals surface area contributed by atoms with E-state index in [0.717, 1.165) is 49.4 Å². The van der Waals surface area contributed by atoms with Crippen molar-refractivity contribution in [3.8, 4) is 11.1 Å². The van der Waals surface area contributed by atoms with E-state index < -0.39 is 24.7 Å². The summed E-state index contributed by atoms with van der Waals surface area (Å²) in [4.78, 5) is 54.3. The molecule has 8 aromatic heterocycles. The number of fused-ring (bicyclic) bond motifs is 3. The maximum absolute atomic E-state index is 13.4. The molecule has 11 aromatic rings. The van der Waals surface area contributed by atoms with Crippen LogP contribution in [0, 0.1) is 17.6 Å². The van der Waals surface area contributed by atoms with Crippen LogP contribution < -0.4 is 21.8 Å². The number of aromatic nitrogens is 11. The first kappa shape index (κ1) is 68.6. The van der Waals surface area contributed by atoms with Gasteiger partial charge in [0.2, 0.25) is 0 Å². The van der Waals surface area contributed by atoms with Crippen LogP contribution in [0.5, 0.6) is 0 Å². The van der Waals surface area contributed by atoms with Crippen molar-refractivity contribution in [3.05, 3.63) is 209 Å². The molecule has 20 nitrogen and oxygen atoms in total. The molecular weight excluding hydrogens is 1360 g/mol. The Morgan fingerprint density at radius 1 is 0.583 bits per heavy atom. The number of halogens is 5. The van der Waals surface area contributed by atoms with Gasteiger partial charge in [-0.2, -0.15) is 36.1 Å². The third kappa shape index (κ3) is 23.4. The number of amides is 2. The van der Waals surface area contributed by atoms with E-state index in [-0.39, 0.29) is 47.2 Å². The van der Waals surface area contributed by atoms with Crippen molar-refractivity contribution >= 4 is 135 Å². The Labute approximate surface area is 524 Å². The number of hydrogen-bond donors (Lipinski definition) is 9. The van der Waals surface area contributed by atoms with Gasteiger partial charge in [-0.1, -0.05) is 81.3 Å². The maximum Gasteiger partial charge on any atom is 0.490 e. The van der Waals surface area contributed by atoms with Gasteiger partial charge in [0.15, 0.2) is 17.1 Å². The van der Waals surface area contributed by atoms with Crippen LogP contribution in [0.4, 0.5) is 25.8 Å². The zero-order chi connectivity index (χ0) is 60.6. The minimum absolute atomic E-state index is 0. The summed E-state index contributed by atoms with van der Waals surface area (Å²) in [5.74, 6) is -1.22. The fraction of sp³-hybridized carbons (Fsp3) is 0.123. The topological polar surface area (TPSA) is 312 Å². The molecule has 0 saturated heterocycles. The van der Waals surface area contributed by atoms with Crippen LogP contribution in [0.15, 0.2) is 174 Å². The summed E-state index contributed by atoms with van der Waals surface area (Å²) in [6.07, 6.45) is 14.6. The van der Waals surface area contributed by atoms with E-state index in [1.165, 1.54) is 18.2 Å². The van der Waals surface area contributed by atoms with Crippen molar-refractivity contribution in [3.63, 3.8) is 0 Å². The Morgan fingerprint density at radius 2 is 1.00 bits per heavy atom. The number of carbonyl (C=O) groups is 3. The number of anilines is 3. The van der Waals surface area contributed by atoms with E-state index in [1.54, 1.807) is 104 Å². The number of alkyl halides is 1. The van der Waals surface area contributed by atoms with Gasteiger partial charge in [-0.05, 0) is 103 Å².